The molecule has 0 saturated heterocycles. The van der Waals surface area contributed by atoms with Crippen LogP contribution in [0.15, 0.2) is 134 Å². The van der Waals surface area contributed by atoms with Crippen LogP contribution in [-0.4, -0.2) is 46.9 Å². The fraction of sp³-hybridized carbons (Fsp3) is 0.613. The Hall–Kier alpha value is -4.00. The lowest BCUT2D eigenvalue weighted by Crippen LogP contribution is -2.46. The normalized spacial score (nSPS) is 14.2. The Labute approximate surface area is 418 Å². The number of rotatable bonds is 47. The van der Waals surface area contributed by atoms with E-state index in [1.54, 1.807) is 0 Å². The predicted octanol–water partition coefficient (Wildman–Crippen LogP) is 17.0. The van der Waals surface area contributed by atoms with Gasteiger partial charge in [-0.2, -0.15) is 0 Å². The minimum Gasteiger partial charge on any atom is -0.462 e. The second-order valence-corrected chi connectivity index (χ2v) is 18.0. The summed E-state index contributed by atoms with van der Waals surface area (Å²) in [5, 5.41) is 23.8. The fourth-order valence-corrected chi connectivity index (χ4v) is 7.54. The van der Waals surface area contributed by atoms with Gasteiger partial charge < -0.3 is 20.3 Å². The van der Waals surface area contributed by atoms with Crippen LogP contribution in [0.1, 0.15) is 220 Å². The largest absolute Gasteiger partial charge is 0.462 e. The van der Waals surface area contributed by atoms with Gasteiger partial charge in [0.15, 0.2) is 0 Å². The molecule has 0 aliphatic carbocycles. The maximum atomic E-state index is 13.2. The number of aliphatic hydroxyl groups excluding tert-OH is 2. The van der Waals surface area contributed by atoms with Crippen LogP contribution in [0.4, 0.5) is 0 Å². The summed E-state index contributed by atoms with van der Waals surface area (Å²) in [4.78, 5) is 26.2. The molecule has 0 fully saturated rings. The highest BCUT2D eigenvalue weighted by Gasteiger charge is 2.23. The van der Waals surface area contributed by atoms with Crippen molar-refractivity contribution in [3.63, 3.8) is 0 Å². The monoisotopic (exact) mass is 940 g/mol. The van der Waals surface area contributed by atoms with Crippen molar-refractivity contribution in [2.24, 2.45) is 0 Å². The van der Waals surface area contributed by atoms with Gasteiger partial charge in [0.2, 0.25) is 5.91 Å². The van der Waals surface area contributed by atoms with E-state index in [9.17, 15) is 19.8 Å². The number of carbonyl (C=O) groups excluding carboxylic acids is 2. The SMILES string of the molecule is CC/C=C\C/C=C\C/C=C\C/C=C\C/C=C\C/C=C\CCC(=O)OC(CCC/C=C/C=C\C=C/C=C/C=C/CC)CC(=O)NC(CO)C(O)CCCCCCCCCCCCCCCCCCC. The van der Waals surface area contributed by atoms with Crippen LogP contribution in [-0.2, 0) is 14.3 Å². The molecule has 0 aliphatic rings. The van der Waals surface area contributed by atoms with Crippen molar-refractivity contribution in [1.29, 1.82) is 0 Å². The van der Waals surface area contributed by atoms with E-state index >= 15 is 0 Å². The first-order valence-corrected chi connectivity index (χ1v) is 27.5. The maximum absolute atomic E-state index is 13.2. The second-order valence-electron chi connectivity index (χ2n) is 18.0. The van der Waals surface area contributed by atoms with Gasteiger partial charge in [-0.15, -0.1) is 0 Å². The van der Waals surface area contributed by atoms with Crippen molar-refractivity contribution in [2.75, 3.05) is 6.61 Å². The summed E-state index contributed by atoms with van der Waals surface area (Å²) in [6.45, 7) is 6.19. The first-order valence-electron chi connectivity index (χ1n) is 27.5. The number of hydrogen-bond donors (Lipinski definition) is 3. The van der Waals surface area contributed by atoms with Crippen LogP contribution >= 0.6 is 0 Å². The lowest BCUT2D eigenvalue weighted by molar-refractivity contribution is -0.150. The van der Waals surface area contributed by atoms with Crippen molar-refractivity contribution in [3.05, 3.63) is 134 Å². The zero-order chi connectivity index (χ0) is 49.5. The average Bonchev–Trinajstić information content (AvgIpc) is 3.33. The topological polar surface area (TPSA) is 95.9 Å². The number of allylic oxidation sites excluding steroid dienone is 22. The number of carbonyl (C=O) groups is 2. The van der Waals surface area contributed by atoms with Gasteiger partial charge in [-0.3, -0.25) is 9.59 Å². The molecule has 0 heterocycles. The molecule has 0 spiro atoms. The van der Waals surface area contributed by atoms with E-state index in [-0.39, 0.29) is 31.3 Å². The number of ether oxygens (including phenoxy) is 1. The highest BCUT2D eigenvalue weighted by Crippen LogP contribution is 2.17. The third kappa shape index (κ3) is 48.5. The van der Waals surface area contributed by atoms with E-state index in [0.29, 0.717) is 19.3 Å². The number of unbranched alkanes of at least 4 members (excludes halogenated alkanes) is 17. The molecule has 384 valence electrons. The quantitative estimate of drug-likeness (QED) is 0.0244. The van der Waals surface area contributed by atoms with Crippen LogP contribution in [0.5, 0.6) is 0 Å². The Kier molecular flexibility index (Phi) is 50.8. The van der Waals surface area contributed by atoms with Gasteiger partial charge in [0.05, 0.1) is 25.2 Å². The third-order valence-corrected chi connectivity index (χ3v) is 11.6. The summed E-state index contributed by atoms with van der Waals surface area (Å²) >= 11 is 0. The lowest BCUT2D eigenvalue weighted by Gasteiger charge is -2.24. The number of hydrogen-bond acceptors (Lipinski definition) is 5. The summed E-state index contributed by atoms with van der Waals surface area (Å²) < 4.78 is 5.86. The summed E-state index contributed by atoms with van der Waals surface area (Å²) in [5.74, 6) is -0.658. The highest BCUT2D eigenvalue weighted by atomic mass is 16.5. The van der Waals surface area contributed by atoms with Gasteiger partial charge in [-0.05, 0) is 77.0 Å². The van der Waals surface area contributed by atoms with E-state index in [2.05, 4.69) is 105 Å². The van der Waals surface area contributed by atoms with Crippen molar-refractivity contribution in [1.82, 2.24) is 5.32 Å². The molecule has 3 unspecified atom stereocenters. The summed E-state index contributed by atoms with van der Waals surface area (Å²) in [6, 6.07) is -0.750. The second kappa shape index (κ2) is 53.9. The number of esters is 1. The minimum absolute atomic E-state index is 0.0105. The average molecular weight is 940 g/mol. The molecule has 0 radical (unpaired) electrons. The molecule has 1 amide bonds. The van der Waals surface area contributed by atoms with Gasteiger partial charge in [0.25, 0.3) is 0 Å². The van der Waals surface area contributed by atoms with Gasteiger partial charge in [0.1, 0.15) is 6.10 Å². The zero-order valence-electron chi connectivity index (χ0n) is 43.7. The van der Waals surface area contributed by atoms with Crippen LogP contribution in [0, 0.1) is 0 Å². The minimum atomic E-state index is -0.829. The lowest BCUT2D eigenvalue weighted by atomic mass is 10.0. The molecular weight excluding hydrogens is 839 g/mol. The number of amides is 1. The first kappa shape index (κ1) is 64.0. The molecule has 0 rings (SSSR count). The van der Waals surface area contributed by atoms with E-state index < -0.39 is 18.2 Å². The molecule has 0 bridgehead atoms. The predicted molar refractivity (Wildman–Crippen MR) is 296 cm³/mol. The van der Waals surface area contributed by atoms with Gasteiger partial charge in [-0.1, -0.05) is 264 Å². The summed E-state index contributed by atoms with van der Waals surface area (Å²) in [5.41, 5.74) is 0. The standard InChI is InChI=1S/C62H101NO5/c1-4-7-10-13-16-19-22-25-27-29-30-32-34-37-40-43-46-49-52-55-62(67)68-58(53-50-47-44-41-38-35-24-21-18-15-12-9-6-3)56-61(66)63-59(57-64)60(65)54-51-48-45-42-39-36-33-31-28-26-23-20-17-14-11-8-5-2/h7,9-10,12,15-16,18-19,21,24-25,27,30,32,35,37-38,40-41,44,46,49,58-60,64-65H,4-6,8,11,13-14,17,20,22-23,26,28-29,31,33-34,36,39,42-43,45,47-48,50-57H2,1-3H3,(H,63,66)/b10-7-,12-9+,18-15+,19-16-,24-21-,27-25-,32-30-,38-35-,40-37-,44-41+,49-46-. The van der Waals surface area contributed by atoms with Crippen molar-refractivity contribution in [3.8, 4) is 0 Å². The van der Waals surface area contributed by atoms with E-state index in [1.807, 2.05) is 54.7 Å². The first-order chi connectivity index (χ1) is 33.5. The molecule has 6 nitrogen and oxygen atoms in total. The molecule has 0 aliphatic heterocycles. The molecule has 0 saturated carbocycles. The molecule has 3 N–H and O–H groups in total. The van der Waals surface area contributed by atoms with Gasteiger partial charge in [-0.25, -0.2) is 0 Å². The molecule has 3 atom stereocenters. The van der Waals surface area contributed by atoms with Crippen molar-refractivity contribution < 1.29 is 24.5 Å². The Bertz CT molecular complexity index is 1470. The van der Waals surface area contributed by atoms with E-state index in [0.717, 1.165) is 77.0 Å². The van der Waals surface area contributed by atoms with Gasteiger partial charge in [0, 0.05) is 6.42 Å². The summed E-state index contributed by atoms with van der Waals surface area (Å²) in [6.07, 6.45) is 76.7. The Morgan fingerprint density at radius 1 is 0.456 bits per heavy atom. The van der Waals surface area contributed by atoms with Crippen LogP contribution in [0.2, 0.25) is 0 Å². The third-order valence-electron chi connectivity index (χ3n) is 11.6. The van der Waals surface area contributed by atoms with Crippen LogP contribution in [0.25, 0.3) is 0 Å². The fourth-order valence-electron chi connectivity index (χ4n) is 7.54. The molecule has 0 aromatic heterocycles. The zero-order valence-corrected chi connectivity index (χ0v) is 43.7. The molecule has 0 aromatic rings. The molecule has 6 heteroatoms. The molecular formula is C62H101NO5. The van der Waals surface area contributed by atoms with E-state index in [1.165, 1.54) is 89.9 Å². The Balaban J connectivity index is 4.74. The van der Waals surface area contributed by atoms with Crippen molar-refractivity contribution >= 4 is 11.9 Å². The van der Waals surface area contributed by atoms with Crippen LogP contribution < -0.4 is 5.32 Å². The van der Waals surface area contributed by atoms with Crippen molar-refractivity contribution in [2.45, 2.75) is 238 Å². The highest BCUT2D eigenvalue weighted by molar-refractivity contribution is 5.77. The number of nitrogens with one attached hydrogen (secondary N) is 1. The molecule has 68 heavy (non-hydrogen) atoms. The summed E-state index contributed by atoms with van der Waals surface area (Å²) in [7, 11) is 0. The molecule has 0 aromatic carbocycles. The van der Waals surface area contributed by atoms with E-state index in [4.69, 9.17) is 4.74 Å². The number of aliphatic hydroxyl groups is 2. The maximum Gasteiger partial charge on any atom is 0.306 e. The Morgan fingerprint density at radius 2 is 0.868 bits per heavy atom. The Morgan fingerprint density at radius 3 is 1.32 bits per heavy atom. The smallest absolute Gasteiger partial charge is 0.306 e. The van der Waals surface area contributed by atoms with Gasteiger partial charge >= 0.3 is 5.97 Å². The van der Waals surface area contributed by atoms with Crippen LogP contribution in [0.3, 0.4) is 0 Å².